The summed E-state index contributed by atoms with van der Waals surface area (Å²) in [7, 11) is 0. The van der Waals surface area contributed by atoms with Crippen LogP contribution in [0.4, 0.5) is 11.5 Å². The second-order valence-electron chi connectivity index (χ2n) is 4.36. The number of pyridine rings is 1. The third-order valence-corrected chi connectivity index (χ3v) is 4.99. The predicted molar refractivity (Wildman–Crippen MR) is 70.4 cm³/mol. The molecule has 3 rings (SSSR count). The maximum absolute atomic E-state index is 6.11. The Morgan fingerprint density at radius 3 is 2.72 bits per heavy atom. The van der Waals surface area contributed by atoms with Crippen molar-refractivity contribution in [3.8, 4) is 0 Å². The minimum Gasteiger partial charge on any atom is -1.00 e. The van der Waals surface area contributed by atoms with Gasteiger partial charge in [0.05, 0.1) is 0 Å². The molecule has 1 aliphatic rings. The summed E-state index contributed by atoms with van der Waals surface area (Å²) in [5.41, 5.74) is 7.37. The van der Waals surface area contributed by atoms with Crippen molar-refractivity contribution in [2.24, 2.45) is 0 Å². The van der Waals surface area contributed by atoms with Gasteiger partial charge in [-0.25, -0.2) is 0 Å². The Labute approximate surface area is 119 Å². The van der Waals surface area contributed by atoms with Crippen LogP contribution in [0.15, 0.2) is 35.4 Å². The van der Waals surface area contributed by atoms with Gasteiger partial charge < -0.3 is 12.4 Å². The number of hydrogen-bond acceptors (Lipinski definition) is 2. The molecule has 3 nitrogen and oxygen atoms in total. The molecule has 3 heterocycles. The zero-order chi connectivity index (χ0) is 11.7. The Balaban J connectivity index is 0.00000120. The molecule has 0 radical (unpaired) electrons. The van der Waals surface area contributed by atoms with E-state index in [4.69, 9.17) is 5.73 Å². The van der Waals surface area contributed by atoms with Crippen molar-refractivity contribution in [3.05, 3.63) is 39.8 Å². The smallest absolute Gasteiger partial charge is 1.00 e. The number of aromatic nitrogens is 1. The summed E-state index contributed by atoms with van der Waals surface area (Å²) in [6.45, 7) is 3.27. The summed E-state index contributed by atoms with van der Waals surface area (Å²) in [6.07, 6.45) is 3.41. The molecular formula is C13H16ClN3Se. The molecule has 1 saturated heterocycles. The molecule has 0 atom stereocenters. The van der Waals surface area contributed by atoms with Gasteiger partial charge in [-0.05, 0) is 0 Å². The van der Waals surface area contributed by atoms with Crippen LogP contribution >= 0.6 is 0 Å². The molecule has 0 aliphatic carbocycles. The summed E-state index contributed by atoms with van der Waals surface area (Å²) in [4.78, 5) is 4.61. The van der Waals surface area contributed by atoms with Crippen molar-refractivity contribution in [3.63, 3.8) is 0 Å². The van der Waals surface area contributed by atoms with Crippen molar-refractivity contribution in [2.45, 2.75) is 13.0 Å². The number of halogens is 1. The maximum Gasteiger partial charge on any atom is -1.00 e. The van der Waals surface area contributed by atoms with Crippen LogP contribution in [-0.2, 0) is 6.54 Å². The summed E-state index contributed by atoms with van der Waals surface area (Å²) in [5.74, 6) is 0.859. The van der Waals surface area contributed by atoms with E-state index in [0.717, 1.165) is 12.4 Å². The van der Waals surface area contributed by atoms with Gasteiger partial charge in [0.25, 0.3) is 0 Å². The number of nitrogen functional groups attached to an aromatic ring is 1. The molecule has 0 aromatic carbocycles. The summed E-state index contributed by atoms with van der Waals surface area (Å²) < 4.78 is 3.61. The Morgan fingerprint density at radius 2 is 2.17 bits per heavy atom. The van der Waals surface area contributed by atoms with Gasteiger partial charge in [-0.3, -0.25) is 0 Å². The molecule has 5 heteroatoms. The topological polar surface area (TPSA) is 33.1 Å². The monoisotopic (exact) mass is 329 g/mol. The van der Waals surface area contributed by atoms with Crippen LogP contribution in [0.3, 0.4) is 0 Å². The van der Waals surface area contributed by atoms with E-state index >= 15 is 0 Å². The Bertz CT molecular complexity index is 509. The number of anilines is 2. The second kappa shape index (κ2) is 5.79. The van der Waals surface area contributed by atoms with Gasteiger partial charge in [-0.1, -0.05) is 0 Å². The first-order valence-corrected chi connectivity index (χ1v) is 7.74. The van der Waals surface area contributed by atoms with Crippen LogP contribution in [0.5, 0.6) is 0 Å². The summed E-state index contributed by atoms with van der Waals surface area (Å²) in [6, 6.07) is 8.61. The third kappa shape index (κ3) is 2.72. The van der Waals surface area contributed by atoms with Gasteiger partial charge in [0, 0.05) is 0 Å². The molecule has 0 bridgehead atoms. The average Bonchev–Trinajstić information content (AvgIpc) is 2.72. The molecule has 0 amide bonds. The van der Waals surface area contributed by atoms with E-state index in [9.17, 15) is 0 Å². The quantitative estimate of drug-likeness (QED) is 0.516. The van der Waals surface area contributed by atoms with E-state index in [-0.39, 0.29) is 12.4 Å². The van der Waals surface area contributed by atoms with Gasteiger partial charge in [0.15, 0.2) is 0 Å². The minimum absolute atomic E-state index is 0. The van der Waals surface area contributed by atoms with Crippen LogP contribution in [0, 0.1) is 0 Å². The molecule has 2 aromatic rings. The SMILES string of the molecule is Nc1cc(N2CCC2)cc[n+]1Cc1ccc[se]1.[Cl-]. The molecule has 2 N–H and O–H groups in total. The third-order valence-electron chi connectivity index (χ3n) is 3.18. The van der Waals surface area contributed by atoms with Crippen molar-refractivity contribution in [2.75, 3.05) is 23.7 Å². The minimum atomic E-state index is 0. The fourth-order valence-electron chi connectivity index (χ4n) is 2.02. The van der Waals surface area contributed by atoms with E-state index in [1.807, 2.05) is 0 Å². The number of hydrogen-bond donors (Lipinski definition) is 1. The fourth-order valence-corrected chi connectivity index (χ4v) is 3.49. The second-order valence-corrected chi connectivity index (χ2v) is 6.52. The van der Waals surface area contributed by atoms with Crippen molar-refractivity contribution >= 4 is 26.0 Å². The van der Waals surface area contributed by atoms with Crippen molar-refractivity contribution < 1.29 is 17.0 Å². The van der Waals surface area contributed by atoms with Crippen LogP contribution in [0.2, 0.25) is 0 Å². The van der Waals surface area contributed by atoms with Gasteiger partial charge in [-0.2, -0.15) is 0 Å². The van der Waals surface area contributed by atoms with Gasteiger partial charge >= 0.3 is 107 Å². The number of rotatable bonds is 3. The zero-order valence-corrected chi connectivity index (χ0v) is 12.5. The summed E-state index contributed by atoms with van der Waals surface area (Å²) in [5, 5.41) is 0. The predicted octanol–water partition coefficient (Wildman–Crippen LogP) is -2.12. The van der Waals surface area contributed by atoms with Crippen LogP contribution < -0.4 is 27.6 Å². The van der Waals surface area contributed by atoms with Crippen molar-refractivity contribution in [1.29, 1.82) is 0 Å². The molecule has 1 fully saturated rings. The Kier molecular flexibility index (Phi) is 4.33. The number of nitrogens with two attached hydrogens (primary N) is 1. The van der Waals surface area contributed by atoms with E-state index in [2.05, 4.69) is 44.9 Å². The first kappa shape index (κ1) is 13.5. The Morgan fingerprint density at radius 1 is 1.33 bits per heavy atom. The summed E-state index contributed by atoms with van der Waals surface area (Å²) >= 11 is 0.523. The molecule has 96 valence electrons. The van der Waals surface area contributed by atoms with Gasteiger partial charge in [-0.15, -0.1) is 0 Å². The fraction of sp³-hybridized carbons (Fsp3) is 0.308. The standard InChI is InChI=1S/C13H15N3Se.ClH/c14-13-9-11(15-5-2-6-15)4-7-16(13)10-12-3-1-8-17-12;/h1,3-4,7-9,14H,2,5-6,10H2;1H. The first-order valence-electron chi connectivity index (χ1n) is 5.89. The van der Waals surface area contributed by atoms with Gasteiger partial charge in [0.1, 0.15) is 0 Å². The van der Waals surface area contributed by atoms with Gasteiger partial charge in [0.2, 0.25) is 0 Å². The van der Waals surface area contributed by atoms with Crippen molar-refractivity contribution in [1.82, 2.24) is 0 Å². The normalized spacial score (nSPS) is 13.9. The molecule has 2 aromatic heterocycles. The molecule has 1 aliphatic heterocycles. The Hall–Kier alpha value is -0.961. The van der Waals surface area contributed by atoms with E-state index < -0.39 is 0 Å². The van der Waals surface area contributed by atoms with Crippen LogP contribution in [0.25, 0.3) is 0 Å². The molecule has 18 heavy (non-hydrogen) atoms. The van der Waals surface area contributed by atoms with E-state index in [1.54, 1.807) is 0 Å². The maximum atomic E-state index is 6.11. The molecule has 0 unspecified atom stereocenters. The zero-order valence-electron chi connectivity index (χ0n) is 10.1. The van der Waals surface area contributed by atoms with Crippen LogP contribution in [-0.4, -0.2) is 27.6 Å². The largest absolute Gasteiger partial charge is 1.00 e. The van der Waals surface area contributed by atoms with Crippen LogP contribution in [0.1, 0.15) is 10.9 Å². The number of nitrogens with zero attached hydrogens (tertiary/aromatic N) is 2. The van der Waals surface area contributed by atoms with E-state index in [1.165, 1.54) is 29.6 Å². The first-order chi connectivity index (χ1) is 8.33. The molecule has 0 saturated carbocycles. The van der Waals surface area contributed by atoms with E-state index in [0.29, 0.717) is 14.5 Å². The molecular weight excluding hydrogens is 313 g/mol. The molecule has 0 spiro atoms. The average molecular weight is 329 g/mol.